The van der Waals surface area contributed by atoms with Gasteiger partial charge in [-0.1, -0.05) is 0 Å². The smallest absolute Gasteiger partial charge is 0.246 e. The number of carbonyl (C=O) groups is 2. The molecular weight excluding hydrogens is 382 g/mol. The average molecular weight is 414 g/mol. The lowest BCUT2D eigenvalue weighted by molar-refractivity contribution is -0.128. The summed E-state index contributed by atoms with van der Waals surface area (Å²) in [5, 5.41) is 3.02. The zero-order chi connectivity index (χ0) is 21.1. The minimum absolute atomic E-state index is 0.0192. The van der Waals surface area contributed by atoms with E-state index in [1.54, 1.807) is 6.08 Å². The maximum absolute atomic E-state index is 12.7. The van der Waals surface area contributed by atoms with Gasteiger partial charge in [0.15, 0.2) is 0 Å². The molecule has 162 valence electrons. The Morgan fingerprint density at radius 1 is 1.23 bits per heavy atom. The van der Waals surface area contributed by atoms with Crippen molar-refractivity contribution in [2.75, 3.05) is 39.3 Å². The molecule has 2 amide bonds. The standard InChI is InChI=1S/C23H31N3O4/c1-3-29-20-14-18-12-16(2)30-21(18)13-17(20)4-7-23(28)26-10-8-25(9-11-26)15-22(27)24-19-5-6-19/h4,7,13-14,16,19H,3,5-6,8-12,15H2,1-2H3,(H,24,27). The van der Waals surface area contributed by atoms with Crippen LogP contribution in [0.2, 0.25) is 0 Å². The maximum Gasteiger partial charge on any atom is 0.246 e. The highest BCUT2D eigenvalue weighted by Crippen LogP contribution is 2.35. The van der Waals surface area contributed by atoms with Crippen molar-refractivity contribution in [1.82, 2.24) is 15.1 Å². The predicted octanol–water partition coefficient (Wildman–Crippen LogP) is 1.84. The van der Waals surface area contributed by atoms with Crippen molar-refractivity contribution in [3.8, 4) is 11.5 Å². The topological polar surface area (TPSA) is 71.1 Å². The number of nitrogens with zero attached hydrogens (tertiary/aromatic N) is 2. The Balaban J connectivity index is 1.33. The first-order chi connectivity index (χ1) is 14.5. The van der Waals surface area contributed by atoms with Crippen LogP contribution < -0.4 is 14.8 Å². The van der Waals surface area contributed by atoms with Crippen molar-refractivity contribution < 1.29 is 19.1 Å². The van der Waals surface area contributed by atoms with Crippen molar-refractivity contribution in [1.29, 1.82) is 0 Å². The third-order valence-electron chi connectivity index (χ3n) is 5.73. The Labute approximate surface area is 178 Å². The highest BCUT2D eigenvalue weighted by molar-refractivity contribution is 5.92. The number of fused-ring (bicyclic) bond motifs is 1. The number of rotatable bonds is 7. The van der Waals surface area contributed by atoms with Crippen molar-refractivity contribution >= 4 is 17.9 Å². The summed E-state index contributed by atoms with van der Waals surface area (Å²) in [6.45, 7) is 7.68. The molecule has 0 bridgehead atoms. The first-order valence-electron chi connectivity index (χ1n) is 11.0. The van der Waals surface area contributed by atoms with E-state index in [4.69, 9.17) is 9.47 Å². The number of amides is 2. The molecule has 2 heterocycles. The molecule has 0 radical (unpaired) electrons. The number of hydrogen-bond acceptors (Lipinski definition) is 5. The van der Waals surface area contributed by atoms with E-state index in [9.17, 15) is 9.59 Å². The van der Waals surface area contributed by atoms with Crippen molar-refractivity contribution in [2.45, 2.75) is 45.3 Å². The fourth-order valence-corrected chi connectivity index (χ4v) is 3.96. The minimum atomic E-state index is -0.0192. The molecule has 2 fully saturated rings. The molecule has 1 aromatic carbocycles. The third kappa shape index (κ3) is 5.14. The van der Waals surface area contributed by atoms with Crippen LogP contribution >= 0.6 is 0 Å². The number of piperazine rings is 1. The monoisotopic (exact) mass is 413 g/mol. The first kappa shape index (κ1) is 20.7. The first-order valence-corrected chi connectivity index (χ1v) is 11.0. The normalized spacial score (nSPS) is 21.4. The molecule has 2 aliphatic heterocycles. The van der Waals surface area contributed by atoms with Gasteiger partial charge in [0.2, 0.25) is 11.8 Å². The highest BCUT2D eigenvalue weighted by Gasteiger charge is 2.26. The minimum Gasteiger partial charge on any atom is -0.493 e. The molecular formula is C23H31N3O4. The fourth-order valence-electron chi connectivity index (χ4n) is 3.96. The van der Waals surface area contributed by atoms with Gasteiger partial charge in [-0.25, -0.2) is 0 Å². The predicted molar refractivity (Wildman–Crippen MR) is 115 cm³/mol. The Morgan fingerprint density at radius 3 is 2.70 bits per heavy atom. The van der Waals surface area contributed by atoms with Gasteiger partial charge in [0.25, 0.3) is 0 Å². The number of hydrogen-bond donors (Lipinski definition) is 1. The van der Waals surface area contributed by atoms with E-state index in [1.807, 2.05) is 30.0 Å². The number of carbonyl (C=O) groups excluding carboxylic acids is 2. The highest BCUT2D eigenvalue weighted by atomic mass is 16.5. The lowest BCUT2D eigenvalue weighted by atomic mass is 10.1. The maximum atomic E-state index is 12.7. The second-order valence-electron chi connectivity index (χ2n) is 8.34. The number of ether oxygens (including phenoxy) is 2. The molecule has 0 spiro atoms. The van der Waals surface area contributed by atoms with Crippen LogP contribution in [0, 0.1) is 0 Å². The molecule has 1 aromatic rings. The molecule has 0 aromatic heterocycles. The van der Waals surface area contributed by atoms with Gasteiger partial charge < -0.3 is 19.7 Å². The second-order valence-corrected chi connectivity index (χ2v) is 8.34. The Bertz CT molecular complexity index is 826. The van der Waals surface area contributed by atoms with Crippen LogP contribution in [-0.2, 0) is 16.0 Å². The Morgan fingerprint density at radius 2 is 2.00 bits per heavy atom. The van der Waals surface area contributed by atoms with E-state index in [0.29, 0.717) is 45.4 Å². The Hall–Kier alpha value is -2.54. The van der Waals surface area contributed by atoms with E-state index >= 15 is 0 Å². The summed E-state index contributed by atoms with van der Waals surface area (Å²) in [5.41, 5.74) is 2.00. The second kappa shape index (κ2) is 9.08. The summed E-state index contributed by atoms with van der Waals surface area (Å²) in [6.07, 6.45) is 6.66. The number of benzene rings is 1. The average Bonchev–Trinajstić information content (AvgIpc) is 3.45. The summed E-state index contributed by atoms with van der Waals surface area (Å²) in [7, 11) is 0. The zero-order valence-electron chi connectivity index (χ0n) is 17.9. The summed E-state index contributed by atoms with van der Waals surface area (Å²) in [6, 6.07) is 4.38. The molecule has 1 aliphatic carbocycles. The van der Waals surface area contributed by atoms with Crippen molar-refractivity contribution in [2.24, 2.45) is 0 Å². The summed E-state index contributed by atoms with van der Waals surface area (Å²) >= 11 is 0. The van der Waals surface area contributed by atoms with Crippen LogP contribution in [0.25, 0.3) is 6.08 Å². The van der Waals surface area contributed by atoms with Gasteiger partial charge in [-0.3, -0.25) is 14.5 Å². The van der Waals surface area contributed by atoms with Crippen molar-refractivity contribution in [3.05, 3.63) is 29.3 Å². The molecule has 30 heavy (non-hydrogen) atoms. The van der Waals surface area contributed by atoms with Gasteiger partial charge in [-0.15, -0.1) is 0 Å². The van der Waals surface area contributed by atoms with Gasteiger partial charge in [-0.2, -0.15) is 0 Å². The lowest BCUT2D eigenvalue weighted by Gasteiger charge is -2.33. The van der Waals surface area contributed by atoms with Gasteiger partial charge in [0.1, 0.15) is 17.6 Å². The summed E-state index contributed by atoms with van der Waals surface area (Å²) < 4.78 is 11.6. The lowest BCUT2D eigenvalue weighted by Crippen LogP contribution is -2.51. The molecule has 3 aliphatic rings. The van der Waals surface area contributed by atoms with Crippen LogP contribution in [-0.4, -0.2) is 73.1 Å². The molecule has 1 N–H and O–H groups in total. The van der Waals surface area contributed by atoms with Gasteiger partial charge in [0.05, 0.1) is 13.2 Å². The van der Waals surface area contributed by atoms with Gasteiger partial charge >= 0.3 is 0 Å². The molecule has 4 rings (SSSR count). The van der Waals surface area contributed by atoms with Crippen LogP contribution in [0.1, 0.15) is 37.8 Å². The van der Waals surface area contributed by atoms with E-state index in [2.05, 4.69) is 17.1 Å². The van der Waals surface area contributed by atoms with Crippen LogP contribution in [0.4, 0.5) is 0 Å². The Kier molecular flexibility index (Phi) is 6.27. The third-order valence-corrected chi connectivity index (χ3v) is 5.73. The SMILES string of the molecule is CCOc1cc2c(cc1C=CC(=O)N1CCN(CC(=O)NC3CC3)CC1)OC(C)C2. The largest absolute Gasteiger partial charge is 0.493 e. The van der Waals surface area contributed by atoms with Crippen LogP contribution in [0.15, 0.2) is 18.2 Å². The molecule has 7 heteroatoms. The van der Waals surface area contributed by atoms with Crippen LogP contribution in [0.5, 0.6) is 11.5 Å². The molecule has 1 saturated heterocycles. The summed E-state index contributed by atoms with van der Waals surface area (Å²) in [4.78, 5) is 28.6. The van der Waals surface area contributed by atoms with E-state index < -0.39 is 0 Å². The number of nitrogens with one attached hydrogen (secondary N) is 1. The van der Waals surface area contributed by atoms with Gasteiger partial charge in [-0.05, 0) is 44.9 Å². The van der Waals surface area contributed by atoms with Gasteiger partial charge in [0, 0.05) is 55.8 Å². The molecule has 7 nitrogen and oxygen atoms in total. The molecule has 1 unspecified atom stereocenters. The van der Waals surface area contributed by atoms with Crippen molar-refractivity contribution in [3.63, 3.8) is 0 Å². The fraction of sp³-hybridized carbons (Fsp3) is 0.565. The van der Waals surface area contributed by atoms with Crippen LogP contribution in [0.3, 0.4) is 0 Å². The van der Waals surface area contributed by atoms with E-state index in [-0.39, 0.29) is 17.9 Å². The molecule has 1 atom stereocenters. The molecule has 1 saturated carbocycles. The zero-order valence-corrected chi connectivity index (χ0v) is 17.9. The summed E-state index contributed by atoms with van der Waals surface area (Å²) in [5.74, 6) is 1.73. The van der Waals surface area contributed by atoms with E-state index in [0.717, 1.165) is 41.9 Å². The quantitative estimate of drug-likeness (QED) is 0.691. The van der Waals surface area contributed by atoms with E-state index in [1.165, 1.54) is 0 Å².